The average molecular weight is 1330 g/mol. The normalized spacial score (nSPS) is 16.0. The van der Waals surface area contributed by atoms with Crippen LogP contribution in [0.3, 0.4) is 0 Å². The summed E-state index contributed by atoms with van der Waals surface area (Å²) in [7, 11) is 0. The monoisotopic (exact) mass is 1320 g/mol. The van der Waals surface area contributed by atoms with E-state index in [1.54, 1.807) is 19.1 Å². The van der Waals surface area contributed by atoms with Crippen molar-refractivity contribution in [1.82, 2.24) is 31.5 Å². The second kappa shape index (κ2) is 38.9. The van der Waals surface area contributed by atoms with Crippen LogP contribution in [0.15, 0.2) is 48.5 Å². The summed E-state index contributed by atoms with van der Waals surface area (Å²) in [5.41, 5.74) is 22.9. The number of carboxylic acids is 1. The summed E-state index contributed by atoms with van der Waals surface area (Å²) in [6.07, 6.45) is -3.21. The van der Waals surface area contributed by atoms with Crippen LogP contribution in [0.25, 0.3) is 0 Å². The Morgan fingerprint density at radius 2 is 1.17 bits per heavy atom. The number of aromatic hydroxyl groups is 2. The van der Waals surface area contributed by atoms with E-state index >= 15 is 0 Å². The number of hydrogen-bond donors (Lipinski definition) is 16. The van der Waals surface area contributed by atoms with E-state index in [2.05, 4.69) is 44.2 Å². The number of aliphatic hydroxyl groups is 2. The molecule has 19 N–H and O–H groups in total. The number of nitrogens with zero attached hydrogens (tertiary/aromatic N) is 1. The number of phenolic OH excluding ortho intramolecular Hbond substituents is 2. The van der Waals surface area contributed by atoms with Gasteiger partial charge in [0.2, 0.25) is 47.3 Å². The molecule has 30 nitrogen and oxygen atoms in total. The van der Waals surface area contributed by atoms with Crippen LogP contribution in [-0.2, 0) is 80.0 Å². The molecule has 2 aromatic rings. The van der Waals surface area contributed by atoms with Crippen LogP contribution < -0.4 is 54.5 Å². The first-order chi connectivity index (χ1) is 43.7. The minimum absolute atomic E-state index is 0.0146. The number of carbonyl (C=O) groups excluding carboxylic acids is 13. The van der Waals surface area contributed by atoms with E-state index in [1.165, 1.54) is 43.3 Å². The van der Waals surface area contributed by atoms with E-state index in [4.69, 9.17) is 22.9 Å². The molecule has 512 valence electrons. The van der Waals surface area contributed by atoms with Crippen LogP contribution in [0.1, 0.15) is 116 Å². The number of hydrogen-bond acceptors (Lipinski definition) is 19. The molecular formula is C62H90N11O19S+. The summed E-state index contributed by atoms with van der Waals surface area (Å²) in [5.74, 6) is -17.8. The SMILES string of the molecule is CC(C)C[C@H](C)C(=O)C[C@@H](Cc1ccc(O)cc1)C(=O)N[C@@H](CCC[NH+]=C(N)N)C(=O)C[C@@H](C)C(=O)N[C@@H](CC(N)=O)C(=O)CCC(=O)N[C@H](C(=O)C[C@@H](CO)C(=O)N1CCC[C@H]1C(=O)NCC(=O)C[C@@H](Cc1ccc(O)cc1)C(=O)N[C@@H](CO)C(N)=O)[C@@H](S)C(=O)O. The summed E-state index contributed by atoms with van der Waals surface area (Å²) < 4.78 is 0. The Morgan fingerprint density at radius 1 is 0.624 bits per heavy atom. The number of benzene rings is 2. The van der Waals surface area contributed by atoms with Crippen molar-refractivity contribution in [2.75, 3.05) is 32.8 Å². The van der Waals surface area contributed by atoms with E-state index in [9.17, 15) is 92.7 Å². The van der Waals surface area contributed by atoms with Crippen molar-refractivity contribution in [2.24, 2.45) is 58.4 Å². The number of primary amides is 2. The smallest absolute Gasteiger partial charge is 0.338 e. The van der Waals surface area contributed by atoms with Gasteiger partial charge >= 0.3 is 11.9 Å². The fraction of sp³-hybridized carbons (Fsp3) is 0.565. The number of Topliss-reactive ketones (excluding diaryl/α,β-unsaturated/α-hetero) is 5. The van der Waals surface area contributed by atoms with Gasteiger partial charge in [0.25, 0.3) is 0 Å². The van der Waals surface area contributed by atoms with Gasteiger partial charge in [-0.05, 0) is 86.3 Å². The highest BCUT2D eigenvalue weighted by Gasteiger charge is 2.41. The first-order valence-corrected chi connectivity index (χ1v) is 31.1. The van der Waals surface area contributed by atoms with Gasteiger partial charge in [0.05, 0.1) is 50.7 Å². The molecule has 0 spiro atoms. The summed E-state index contributed by atoms with van der Waals surface area (Å²) in [6, 6.07) is 4.18. The number of carboxylic acid groups (broad SMARTS) is 1. The molecule has 0 aromatic heterocycles. The number of thiol groups is 1. The Kier molecular flexibility index (Phi) is 32.8. The minimum Gasteiger partial charge on any atom is -0.508 e. The molecule has 0 aliphatic carbocycles. The number of rotatable bonds is 43. The molecule has 0 radical (unpaired) electrons. The molecule has 1 aliphatic heterocycles. The lowest BCUT2D eigenvalue weighted by Crippen LogP contribution is -2.78. The van der Waals surface area contributed by atoms with Gasteiger partial charge in [0.1, 0.15) is 40.7 Å². The number of aliphatic hydroxyl groups excluding tert-OH is 2. The predicted molar refractivity (Wildman–Crippen MR) is 336 cm³/mol. The first kappa shape index (κ1) is 78.4. The zero-order chi connectivity index (χ0) is 69.8. The predicted octanol–water partition coefficient (Wildman–Crippen LogP) is -3.86. The fourth-order valence-corrected chi connectivity index (χ4v) is 10.7. The van der Waals surface area contributed by atoms with Crippen molar-refractivity contribution in [3.8, 4) is 11.5 Å². The molecule has 3 rings (SSSR count). The maximum atomic E-state index is 14.1. The van der Waals surface area contributed by atoms with Crippen LogP contribution in [0.2, 0.25) is 0 Å². The second-order valence-corrected chi connectivity index (χ2v) is 24.4. The van der Waals surface area contributed by atoms with Crippen LogP contribution in [0.4, 0.5) is 0 Å². The number of phenols is 2. The molecule has 11 atom stereocenters. The van der Waals surface area contributed by atoms with E-state index < -0.39 is 194 Å². The van der Waals surface area contributed by atoms with Gasteiger partial charge in [-0.25, -0.2) is 0 Å². The number of aliphatic carboxylic acids is 1. The lowest BCUT2D eigenvalue weighted by Gasteiger charge is -2.28. The molecule has 0 unspecified atom stereocenters. The molecule has 31 heteroatoms. The largest absolute Gasteiger partial charge is 0.508 e. The number of guanidine groups is 1. The number of nitrogens with one attached hydrogen (secondary N) is 6. The van der Waals surface area contributed by atoms with Crippen molar-refractivity contribution in [3.05, 3.63) is 59.7 Å². The molecule has 8 amide bonds. The van der Waals surface area contributed by atoms with Crippen LogP contribution in [-0.4, -0.2) is 187 Å². The van der Waals surface area contributed by atoms with Crippen molar-refractivity contribution < 1.29 is 97.6 Å². The number of ketones is 5. The Hall–Kier alpha value is -8.84. The summed E-state index contributed by atoms with van der Waals surface area (Å²) in [5, 5.41) is 59.5. The fourth-order valence-electron chi connectivity index (χ4n) is 10.5. The quantitative estimate of drug-likeness (QED) is 0.0131. The molecule has 1 fully saturated rings. The van der Waals surface area contributed by atoms with Crippen LogP contribution in [0, 0.1) is 35.5 Å². The number of carbonyl (C=O) groups is 14. The molecule has 0 bridgehead atoms. The van der Waals surface area contributed by atoms with Crippen LogP contribution in [0.5, 0.6) is 11.5 Å². The third kappa shape index (κ3) is 27.1. The third-order valence-corrected chi connectivity index (χ3v) is 16.2. The van der Waals surface area contributed by atoms with Gasteiger partial charge in [-0.1, -0.05) is 52.0 Å². The number of amides is 8. The zero-order valence-electron chi connectivity index (χ0n) is 52.6. The van der Waals surface area contributed by atoms with Crippen molar-refractivity contribution in [3.63, 3.8) is 0 Å². The third-order valence-electron chi connectivity index (χ3n) is 15.6. The lowest BCUT2D eigenvalue weighted by molar-refractivity contribution is -0.459. The topological polar surface area (TPSA) is 522 Å². The van der Waals surface area contributed by atoms with Crippen LogP contribution >= 0.6 is 12.6 Å². The Bertz CT molecular complexity index is 3020. The Labute approximate surface area is 543 Å². The second-order valence-electron chi connectivity index (χ2n) is 23.9. The average Bonchev–Trinajstić information content (AvgIpc) is 1.81. The van der Waals surface area contributed by atoms with Crippen molar-refractivity contribution in [1.29, 1.82) is 0 Å². The van der Waals surface area contributed by atoms with E-state index in [-0.39, 0.29) is 93.1 Å². The summed E-state index contributed by atoms with van der Waals surface area (Å²) in [4.78, 5) is 190. The Balaban J connectivity index is 1.70. The number of nitrogens with two attached hydrogens (primary N) is 4. The molecule has 1 saturated heterocycles. The number of likely N-dealkylation sites (tertiary alicyclic amines) is 1. The highest BCUT2D eigenvalue weighted by Crippen LogP contribution is 2.25. The summed E-state index contributed by atoms with van der Waals surface area (Å²) >= 11 is 3.99. The van der Waals surface area contributed by atoms with Gasteiger partial charge in [-0.15, -0.1) is 0 Å². The lowest BCUT2D eigenvalue weighted by atomic mass is 9.86. The van der Waals surface area contributed by atoms with E-state index in [0.29, 0.717) is 17.5 Å². The van der Waals surface area contributed by atoms with Gasteiger partial charge < -0.3 is 68.5 Å². The van der Waals surface area contributed by atoms with Gasteiger partial charge in [0, 0.05) is 68.7 Å². The maximum Gasteiger partial charge on any atom is 0.338 e. The molecule has 2 aromatic carbocycles. The molecular weight excluding hydrogens is 1230 g/mol. The molecule has 0 saturated carbocycles. The minimum atomic E-state index is -1.99. The van der Waals surface area contributed by atoms with Crippen molar-refractivity contribution >= 4 is 101 Å². The standard InChI is InChI=1S/C62H89N11O19S/c1-32(2)21-33(3)48(80)26-38(24-36-11-15-41(77)16-12-36)58(88)69-43(7-5-19-67-62(65)66)49(81)22-34(4)56(86)70-44(28-51(63)83)47(79)17-18-52(84)72-53(54(93)61(91)92)50(82)27-39(30-74)60(90)73-20-6-8-46(73)59(89)68-29-42(78)25-37(23-35-9-13-40(76)14-10-35)57(87)71-45(31-75)55(64)85/h9-16,32-34,37-39,43-46,53-54,74-77,93H,5-8,17-31H2,1-4H3,(H2,63,83)(H2,64,85)(H,68,89)(H,69,88)(H,70,86)(H,71,87)(H,72,84)(H,91,92)(H4,65,66,67)/p+1/t33-,34+,37+,38+,39-,43-,44-,45-,46-,53+,54+/m0/s1. The molecule has 93 heavy (non-hydrogen) atoms. The maximum absolute atomic E-state index is 14.1. The Morgan fingerprint density at radius 3 is 1.69 bits per heavy atom. The molecule has 1 aliphatic rings. The van der Waals surface area contributed by atoms with E-state index in [0.717, 1.165) is 4.90 Å². The zero-order valence-corrected chi connectivity index (χ0v) is 53.5. The highest BCUT2D eigenvalue weighted by atomic mass is 32.1. The van der Waals surface area contributed by atoms with Gasteiger partial charge in [0.15, 0.2) is 23.1 Å². The van der Waals surface area contributed by atoms with Gasteiger partial charge in [-0.3, -0.25) is 83.6 Å². The van der Waals surface area contributed by atoms with Gasteiger partial charge in [-0.2, -0.15) is 12.6 Å². The van der Waals surface area contributed by atoms with E-state index in [1.807, 2.05) is 13.8 Å². The van der Waals surface area contributed by atoms with Crippen molar-refractivity contribution in [2.45, 2.75) is 153 Å². The summed E-state index contributed by atoms with van der Waals surface area (Å²) in [6.45, 7) is 4.69. The first-order valence-electron chi connectivity index (χ1n) is 30.5. The molecule has 1 heterocycles. The highest BCUT2D eigenvalue weighted by molar-refractivity contribution is 7.81.